The molecule has 138 valence electrons. The van der Waals surface area contributed by atoms with Crippen LogP contribution in [0.4, 0.5) is 25.7 Å². The first-order valence-electron chi connectivity index (χ1n) is 7.78. The van der Waals surface area contributed by atoms with E-state index in [0.29, 0.717) is 27.0 Å². The van der Waals surface area contributed by atoms with Crippen molar-refractivity contribution in [1.82, 2.24) is 4.98 Å². The number of rotatable bonds is 4. The lowest BCUT2D eigenvalue weighted by Gasteiger charge is -2.05. The van der Waals surface area contributed by atoms with Gasteiger partial charge in [0, 0.05) is 16.4 Å². The van der Waals surface area contributed by atoms with Crippen molar-refractivity contribution in [3.8, 4) is 0 Å². The van der Waals surface area contributed by atoms with Crippen LogP contribution in [0.15, 0.2) is 48.5 Å². The Bertz CT molecular complexity index is 974. The van der Waals surface area contributed by atoms with E-state index in [9.17, 15) is 14.0 Å². The number of aromatic nitrogens is 1. The first kappa shape index (κ1) is 18.8. The summed E-state index contributed by atoms with van der Waals surface area (Å²) < 4.78 is 12.9. The van der Waals surface area contributed by atoms with Crippen molar-refractivity contribution in [2.45, 2.75) is 6.92 Å². The molecule has 0 unspecified atom stereocenters. The number of nitrogens with zero attached hydrogens (tertiary/aromatic N) is 1. The summed E-state index contributed by atoms with van der Waals surface area (Å²) in [6.45, 7) is 1.68. The van der Waals surface area contributed by atoms with E-state index in [0.717, 1.165) is 11.3 Å². The molecule has 0 saturated heterocycles. The first-order chi connectivity index (χ1) is 12.9. The van der Waals surface area contributed by atoms with Crippen LogP contribution < -0.4 is 16.0 Å². The Kier molecular flexibility index (Phi) is 5.68. The van der Waals surface area contributed by atoms with Gasteiger partial charge in [0.1, 0.15) is 10.7 Å². The minimum absolute atomic E-state index is 0.272. The summed E-state index contributed by atoms with van der Waals surface area (Å²) in [6.07, 6.45) is 0. The van der Waals surface area contributed by atoms with Crippen LogP contribution in [0.3, 0.4) is 0 Å². The zero-order chi connectivity index (χ0) is 19.4. The van der Waals surface area contributed by atoms with E-state index in [1.54, 1.807) is 31.2 Å². The monoisotopic (exact) mass is 404 g/mol. The number of hydrogen-bond acceptors (Lipinski definition) is 4. The maximum Gasteiger partial charge on any atom is 0.325 e. The average Bonchev–Trinajstić information content (AvgIpc) is 2.99. The van der Waals surface area contributed by atoms with E-state index in [1.165, 1.54) is 24.3 Å². The summed E-state index contributed by atoms with van der Waals surface area (Å²) in [6, 6.07) is 11.5. The number of anilines is 3. The Hall–Kier alpha value is -2.97. The average molecular weight is 405 g/mol. The van der Waals surface area contributed by atoms with Crippen molar-refractivity contribution in [3.63, 3.8) is 0 Å². The number of nitrogens with one attached hydrogen (secondary N) is 3. The highest BCUT2D eigenvalue weighted by Crippen LogP contribution is 2.24. The van der Waals surface area contributed by atoms with Crippen LogP contribution >= 0.6 is 22.9 Å². The predicted molar refractivity (Wildman–Crippen MR) is 105 cm³/mol. The molecular formula is C18H14ClFN4O2S. The lowest BCUT2D eigenvalue weighted by molar-refractivity contribution is 0.103. The highest BCUT2D eigenvalue weighted by molar-refractivity contribution is 7.17. The van der Waals surface area contributed by atoms with Crippen LogP contribution in [0.5, 0.6) is 0 Å². The third-order valence-corrected chi connectivity index (χ3v) is 4.75. The Labute approximate surface area is 163 Å². The van der Waals surface area contributed by atoms with E-state index in [2.05, 4.69) is 20.9 Å². The van der Waals surface area contributed by atoms with Gasteiger partial charge >= 0.3 is 6.03 Å². The molecule has 2 aromatic carbocycles. The smallest absolute Gasteiger partial charge is 0.321 e. The molecule has 1 heterocycles. The maximum atomic E-state index is 12.9. The minimum Gasteiger partial charge on any atom is -0.321 e. The molecule has 0 bridgehead atoms. The molecule has 0 radical (unpaired) electrons. The summed E-state index contributed by atoms with van der Waals surface area (Å²) in [5.41, 5.74) is 1.52. The predicted octanol–water partition coefficient (Wildman–Crippen LogP) is 5.14. The second kappa shape index (κ2) is 8.15. The molecule has 27 heavy (non-hydrogen) atoms. The van der Waals surface area contributed by atoms with Crippen molar-refractivity contribution in [2.24, 2.45) is 0 Å². The molecule has 3 rings (SSSR count). The zero-order valence-electron chi connectivity index (χ0n) is 14.0. The van der Waals surface area contributed by atoms with Gasteiger partial charge in [-0.05, 0) is 55.5 Å². The second-order valence-corrected chi connectivity index (χ2v) is 6.92. The van der Waals surface area contributed by atoms with E-state index in [-0.39, 0.29) is 11.0 Å². The SMILES string of the molecule is Cc1nc(NC(=O)Nc2ccc(F)cc2)sc1C(=O)Nc1ccc(Cl)cc1. The molecule has 0 aliphatic heterocycles. The van der Waals surface area contributed by atoms with Gasteiger partial charge in [-0.1, -0.05) is 22.9 Å². The zero-order valence-corrected chi connectivity index (χ0v) is 15.6. The summed E-state index contributed by atoms with van der Waals surface area (Å²) >= 11 is 6.87. The number of aryl methyl sites for hydroxylation is 1. The van der Waals surface area contributed by atoms with Crippen molar-refractivity contribution in [2.75, 3.05) is 16.0 Å². The van der Waals surface area contributed by atoms with Crippen molar-refractivity contribution in [1.29, 1.82) is 0 Å². The quantitative estimate of drug-likeness (QED) is 0.563. The lowest BCUT2D eigenvalue weighted by Crippen LogP contribution is -2.19. The fraction of sp³-hybridized carbons (Fsp3) is 0.0556. The summed E-state index contributed by atoms with van der Waals surface area (Å²) in [7, 11) is 0. The molecule has 1 aromatic heterocycles. The van der Waals surface area contributed by atoms with Gasteiger partial charge in [0.05, 0.1) is 5.69 Å². The Morgan fingerprint density at radius 2 is 1.56 bits per heavy atom. The van der Waals surface area contributed by atoms with Crippen molar-refractivity contribution >= 4 is 51.4 Å². The van der Waals surface area contributed by atoms with Gasteiger partial charge in [-0.2, -0.15) is 0 Å². The number of amides is 3. The van der Waals surface area contributed by atoms with Crippen LogP contribution in [-0.4, -0.2) is 16.9 Å². The third-order valence-electron chi connectivity index (χ3n) is 3.43. The molecule has 0 atom stereocenters. The van der Waals surface area contributed by atoms with Gasteiger partial charge in [-0.25, -0.2) is 14.2 Å². The molecule has 0 spiro atoms. The third kappa shape index (κ3) is 5.02. The van der Waals surface area contributed by atoms with E-state index in [1.807, 2.05) is 0 Å². The van der Waals surface area contributed by atoms with Gasteiger partial charge in [0.15, 0.2) is 5.13 Å². The largest absolute Gasteiger partial charge is 0.325 e. The van der Waals surface area contributed by atoms with Crippen LogP contribution in [0, 0.1) is 12.7 Å². The van der Waals surface area contributed by atoms with Crippen LogP contribution in [0.1, 0.15) is 15.4 Å². The lowest BCUT2D eigenvalue weighted by atomic mass is 10.3. The van der Waals surface area contributed by atoms with E-state index < -0.39 is 11.8 Å². The molecule has 3 aromatic rings. The summed E-state index contributed by atoms with van der Waals surface area (Å²) in [5.74, 6) is -0.729. The van der Waals surface area contributed by atoms with Gasteiger partial charge < -0.3 is 10.6 Å². The highest BCUT2D eigenvalue weighted by Gasteiger charge is 2.17. The van der Waals surface area contributed by atoms with Crippen LogP contribution in [0.25, 0.3) is 0 Å². The van der Waals surface area contributed by atoms with Crippen molar-refractivity contribution < 1.29 is 14.0 Å². The van der Waals surface area contributed by atoms with Crippen LogP contribution in [0.2, 0.25) is 5.02 Å². The standard InChI is InChI=1S/C18H14ClFN4O2S/c1-10-15(16(25)22-13-6-2-11(19)3-7-13)27-18(21-10)24-17(26)23-14-8-4-12(20)5-9-14/h2-9H,1H3,(H,22,25)(H2,21,23,24,26). The molecule has 3 N–H and O–H groups in total. The Morgan fingerprint density at radius 1 is 0.963 bits per heavy atom. The summed E-state index contributed by atoms with van der Waals surface area (Å²) in [5, 5.41) is 8.70. The van der Waals surface area contributed by atoms with E-state index in [4.69, 9.17) is 11.6 Å². The molecule has 6 nitrogen and oxygen atoms in total. The van der Waals surface area contributed by atoms with Crippen molar-refractivity contribution in [3.05, 3.63) is 69.9 Å². The molecule has 0 fully saturated rings. The molecule has 0 saturated carbocycles. The Balaban J connectivity index is 1.64. The topological polar surface area (TPSA) is 83.1 Å². The van der Waals surface area contributed by atoms with Gasteiger partial charge in [0.25, 0.3) is 5.91 Å². The molecular weight excluding hydrogens is 391 g/mol. The number of benzene rings is 2. The fourth-order valence-electron chi connectivity index (χ4n) is 2.17. The van der Waals surface area contributed by atoms with E-state index >= 15 is 0 Å². The van der Waals surface area contributed by atoms with Crippen LogP contribution in [-0.2, 0) is 0 Å². The second-order valence-electron chi connectivity index (χ2n) is 5.48. The van der Waals surface area contributed by atoms with Gasteiger partial charge in [-0.15, -0.1) is 0 Å². The normalized spacial score (nSPS) is 10.3. The first-order valence-corrected chi connectivity index (χ1v) is 8.98. The van der Waals surface area contributed by atoms with Gasteiger partial charge in [0.2, 0.25) is 0 Å². The number of thiazole rings is 1. The number of carbonyl (C=O) groups excluding carboxylic acids is 2. The number of carbonyl (C=O) groups is 2. The molecule has 9 heteroatoms. The molecule has 0 aliphatic carbocycles. The number of hydrogen-bond donors (Lipinski definition) is 3. The Morgan fingerprint density at radius 3 is 2.22 bits per heavy atom. The van der Waals surface area contributed by atoms with Gasteiger partial charge in [-0.3, -0.25) is 10.1 Å². The minimum atomic E-state index is -0.542. The number of urea groups is 1. The molecule has 0 aliphatic rings. The fourth-order valence-corrected chi connectivity index (χ4v) is 3.16. The maximum absolute atomic E-state index is 12.9. The number of halogens is 2. The highest BCUT2D eigenvalue weighted by atomic mass is 35.5. The molecule has 3 amide bonds. The summed E-state index contributed by atoms with van der Waals surface area (Å²) in [4.78, 5) is 29.0.